The van der Waals surface area contributed by atoms with Crippen LogP contribution in [0.5, 0.6) is 5.75 Å². The minimum Gasteiger partial charge on any atom is -0.496 e. The van der Waals surface area contributed by atoms with E-state index in [1.807, 2.05) is 38.1 Å². The third-order valence-electron chi connectivity index (χ3n) is 3.99. The monoisotopic (exact) mass is 326 g/mol. The summed E-state index contributed by atoms with van der Waals surface area (Å²) in [5.41, 5.74) is 5.44. The van der Waals surface area contributed by atoms with Crippen LogP contribution in [0.3, 0.4) is 0 Å². The lowest BCUT2D eigenvalue weighted by atomic mass is 10.1. The van der Waals surface area contributed by atoms with Crippen molar-refractivity contribution in [3.05, 3.63) is 58.7 Å². The lowest BCUT2D eigenvalue weighted by Crippen LogP contribution is -2.30. The van der Waals surface area contributed by atoms with Crippen LogP contribution in [-0.4, -0.2) is 26.1 Å². The van der Waals surface area contributed by atoms with E-state index in [0.29, 0.717) is 6.54 Å². The topological polar surface area (TPSA) is 50.4 Å². The zero-order valence-electron chi connectivity index (χ0n) is 14.9. The number of anilines is 1. The van der Waals surface area contributed by atoms with Gasteiger partial charge in [0.05, 0.1) is 13.7 Å². The van der Waals surface area contributed by atoms with Crippen molar-refractivity contribution in [3.63, 3.8) is 0 Å². The van der Waals surface area contributed by atoms with Gasteiger partial charge in [-0.2, -0.15) is 0 Å². The molecule has 0 fully saturated rings. The first-order valence-electron chi connectivity index (χ1n) is 8.21. The molecule has 128 valence electrons. The number of methoxy groups -OCH3 is 1. The molecule has 2 N–H and O–H groups in total. The first kappa shape index (κ1) is 18.0. The zero-order chi connectivity index (χ0) is 17.5. The summed E-state index contributed by atoms with van der Waals surface area (Å²) in [6.07, 6.45) is 0.819. The fourth-order valence-corrected chi connectivity index (χ4v) is 2.90. The molecule has 0 spiro atoms. The number of aryl methyl sites for hydroxylation is 3. The number of benzene rings is 2. The van der Waals surface area contributed by atoms with Gasteiger partial charge in [0.25, 0.3) is 0 Å². The second kappa shape index (κ2) is 8.50. The normalized spacial score (nSPS) is 10.5. The molecule has 0 saturated heterocycles. The molecule has 2 aromatic carbocycles. The average Bonchev–Trinajstić information content (AvgIpc) is 2.55. The molecule has 2 rings (SSSR count). The van der Waals surface area contributed by atoms with Gasteiger partial charge in [0, 0.05) is 5.69 Å². The molecule has 2 aromatic rings. The number of para-hydroxylation sites is 1. The average molecular weight is 326 g/mol. The van der Waals surface area contributed by atoms with Gasteiger partial charge in [0.2, 0.25) is 5.91 Å². The molecular weight excluding hydrogens is 300 g/mol. The van der Waals surface area contributed by atoms with Gasteiger partial charge in [-0.1, -0.05) is 35.9 Å². The predicted octanol–water partition coefficient (Wildman–Crippen LogP) is 3.39. The summed E-state index contributed by atoms with van der Waals surface area (Å²) in [4.78, 5) is 12.1. The second-order valence-electron chi connectivity index (χ2n) is 6.06. The summed E-state index contributed by atoms with van der Waals surface area (Å²) in [6, 6.07) is 12.1. The van der Waals surface area contributed by atoms with Crippen molar-refractivity contribution in [1.82, 2.24) is 5.32 Å². The summed E-state index contributed by atoms with van der Waals surface area (Å²) < 4.78 is 5.33. The molecule has 24 heavy (non-hydrogen) atoms. The molecular formula is C20H26N2O2. The number of hydrogen-bond donors (Lipinski definition) is 2. The fourth-order valence-electron chi connectivity index (χ4n) is 2.90. The Kier molecular flexibility index (Phi) is 6.38. The van der Waals surface area contributed by atoms with E-state index in [0.717, 1.165) is 41.1 Å². The van der Waals surface area contributed by atoms with E-state index < -0.39 is 0 Å². The summed E-state index contributed by atoms with van der Waals surface area (Å²) in [5, 5.41) is 6.19. The van der Waals surface area contributed by atoms with Gasteiger partial charge in [0.15, 0.2) is 0 Å². The smallest absolute Gasteiger partial charge is 0.238 e. The lowest BCUT2D eigenvalue weighted by Gasteiger charge is -2.13. The van der Waals surface area contributed by atoms with Crippen LogP contribution in [0, 0.1) is 20.8 Å². The molecule has 0 aromatic heterocycles. The maximum atomic E-state index is 12.1. The largest absolute Gasteiger partial charge is 0.496 e. The van der Waals surface area contributed by atoms with Gasteiger partial charge in [-0.05, 0) is 56.5 Å². The molecule has 4 heteroatoms. The Labute approximate surface area is 144 Å². The molecule has 0 aliphatic carbocycles. The second-order valence-corrected chi connectivity index (χ2v) is 6.06. The van der Waals surface area contributed by atoms with Gasteiger partial charge < -0.3 is 15.4 Å². The number of amides is 1. The van der Waals surface area contributed by atoms with Crippen molar-refractivity contribution in [2.75, 3.05) is 25.5 Å². The highest BCUT2D eigenvalue weighted by Gasteiger charge is 2.08. The van der Waals surface area contributed by atoms with Gasteiger partial charge in [-0.3, -0.25) is 4.79 Å². The van der Waals surface area contributed by atoms with Crippen LogP contribution in [0.2, 0.25) is 0 Å². The zero-order valence-corrected chi connectivity index (χ0v) is 14.9. The van der Waals surface area contributed by atoms with E-state index in [1.165, 1.54) is 5.56 Å². The Morgan fingerprint density at radius 3 is 2.42 bits per heavy atom. The van der Waals surface area contributed by atoms with Gasteiger partial charge >= 0.3 is 0 Å². The van der Waals surface area contributed by atoms with Crippen LogP contribution < -0.4 is 15.4 Å². The maximum absolute atomic E-state index is 12.1. The number of rotatable bonds is 7. The third kappa shape index (κ3) is 4.83. The van der Waals surface area contributed by atoms with Crippen molar-refractivity contribution in [2.24, 2.45) is 0 Å². The highest BCUT2D eigenvalue weighted by Crippen LogP contribution is 2.21. The number of carbonyl (C=O) groups excluding carboxylic acids is 1. The molecule has 0 aliphatic heterocycles. The first-order valence-corrected chi connectivity index (χ1v) is 8.21. The number of carbonyl (C=O) groups is 1. The Hall–Kier alpha value is -2.33. The minimum atomic E-state index is -0.0231. The standard InChI is InChI=1S/C20H26N2O2/c1-14-11-15(2)20(16(3)12-14)22-19(23)13-21-10-9-17-7-5-6-8-18(17)24-4/h5-8,11-12,21H,9-10,13H2,1-4H3,(H,22,23). The Morgan fingerprint density at radius 2 is 1.75 bits per heavy atom. The number of ether oxygens (including phenoxy) is 1. The number of nitrogens with one attached hydrogen (secondary N) is 2. The van der Waals surface area contributed by atoms with Crippen molar-refractivity contribution in [3.8, 4) is 5.75 Å². The maximum Gasteiger partial charge on any atom is 0.238 e. The van der Waals surface area contributed by atoms with Gasteiger partial charge in [0.1, 0.15) is 5.75 Å². The van der Waals surface area contributed by atoms with Crippen LogP contribution in [-0.2, 0) is 11.2 Å². The first-order chi connectivity index (χ1) is 11.5. The van der Waals surface area contributed by atoms with Crippen LogP contribution in [0.1, 0.15) is 22.3 Å². The molecule has 0 radical (unpaired) electrons. The summed E-state index contributed by atoms with van der Waals surface area (Å²) in [7, 11) is 1.67. The molecule has 0 atom stereocenters. The van der Waals surface area contributed by atoms with Crippen LogP contribution >= 0.6 is 0 Å². The highest BCUT2D eigenvalue weighted by atomic mass is 16.5. The third-order valence-corrected chi connectivity index (χ3v) is 3.99. The summed E-state index contributed by atoms with van der Waals surface area (Å²) >= 11 is 0. The van der Waals surface area contributed by atoms with Gasteiger partial charge in [-0.15, -0.1) is 0 Å². The molecule has 0 unspecified atom stereocenters. The van der Waals surface area contributed by atoms with Crippen molar-refractivity contribution < 1.29 is 9.53 Å². The molecule has 0 aliphatic rings. The van der Waals surface area contributed by atoms with Gasteiger partial charge in [-0.25, -0.2) is 0 Å². The molecule has 4 nitrogen and oxygen atoms in total. The number of hydrogen-bond acceptors (Lipinski definition) is 3. The molecule has 1 amide bonds. The highest BCUT2D eigenvalue weighted by molar-refractivity contribution is 5.93. The molecule has 0 bridgehead atoms. The fraction of sp³-hybridized carbons (Fsp3) is 0.350. The van der Waals surface area contributed by atoms with Crippen LogP contribution in [0.15, 0.2) is 36.4 Å². The van der Waals surface area contributed by atoms with E-state index >= 15 is 0 Å². The Morgan fingerprint density at radius 1 is 1.08 bits per heavy atom. The Bertz CT molecular complexity index is 688. The van der Waals surface area contributed by atoms with E-state index in [4.69, 9.17) is 4.74 Å². The van der Waals surface area contributed by atoms with Crippen LogP contribution in [0.25, 0.3) is 0 Å². The SMILES string of the molecule is COc1ccccc1CCNCC(=O)Nc1c(C)cc(C)cc1C. The predicted molar refractivity (Wildman–Crippen MR) is 98.9 cm³/mol. The van der Waals surface area contributed by atoms with E-state index in [1.54, 1.807) is 7.11 Å². The van der Waals surface area contributed by atoms with E-state index in [2.05, 4.69) is 29.7 Å². The Balaban J connectivity index is 1.82. The van der Waals surface area contributed by atoms with E-state index in [9.17, 15) is 4.79 Å². The minimum absolute atomic E-state index is 0.0231. The summed E-state index contributed by atoms with van der Waals surface area (Å²) in [5.74, 6) is 0.861. The lowest BCUT2D eigenvalue weighted by molar-refractivity contribution is -0.115. The quantitative estimate of drug-likeness (QED) is 0.767. The van der Waals surface area contributed by atoms with Crippen molar-refractivity contribution >= 4 is 11.6 Å². The molecule has 0 heterocycles. The summed E-state index contributed by atoms with van der Waals surface area (Å²) in [6.45, 7) is 7.11. The van der Waals surface area contributed by atoms with Crippen molar-refractivity contribution in [2.45, 2.75) is 27.2 Å². The van der Waals surface area contributed by atoms with E-state index in [-0.39, 0.29) is 5.91 Å². The van der Waals surface area contributed by atoms with Crippen LogP contribution in [0.4, 0.5) is 5.69 Å². The van der Waals surface area contributed by atoms with Crippen molar-refractivity contribution in [1.29, 1.82) is 0 Å². The molecule has 0 saturated carbocycles.